The Morgan fingerprint density at radius 3 is 2.50 bits per heavy atom. The van der Waals surface area contributed by atoms with Crippen molar-refractivity contribution in [2.75, 3.05) is 20.2 Å². The van der Waals surface area contributed by atoms with Gasteiger partial charge in [-0.25, -0.2) is 4.98 Å². The molecule has 7 heteroatoms. The molecule has 0 bridgehead atoms. The highest BCUT2D eigenvalue weighted by Crippen LogP contribution is 2.22. The van der Waals surface area contributed by atoms with Gasteiger partial charge in [0, 0.05) is 37.7 Å². The smallest absolute Gasteiger partial charge is 0.254 e. The fourth-order valence-corrected chi connectivity index (χ4v) is 2.98. The largest absolute Gasteiger partial charge is 0.497 e. The summed E-state index contributed by atoms with van der Waals surface area (Å²) >= 11 is 0. The van der Waals surface area contributed by atoms with Gasteiger partial charge in [0.25, 0.3) is 5.56 Å². The number of hydrogen-bond acceptors (Lipinski definition) is 5. The van der Waals surface area contributed by atoms with Crippen LogP contribution in [-0.2, 0) is 11.2 Å². The van der Waals surface area contributed by atoms with Gasteiger partial charge in [0.1, 0.15) is 23.4 Å². The zero-order valence-electron chi connectivity index (χ0n) is 15.0. The van der Waals surface area contributed by atoms with Gasteiger partial charge in [-0.15, -0.1) is 0 Å². The molecule has 1 aliphatic heterocycles. The highest BCUT2D eigenvalue weighted by atomic mass is 16.5. The summed E-state index contributed by atoms with van der Waals surface area (Å²) in [4.78, 5) is 32.8. The second-order valence-electron chi connectivity index (χ2n) is 6.37. The van der Waals surface area contributed by atoms with E-state index in [1.54, 1.807) is 18.9 Å². The number of methoxy groups -OCH3 is 1. The quantitative estimate of drug-likeness (QED) is 0.880. The number of amides is 1. The van der Waals surface area contributed by atoms with Gasteiger partial charge in [-0.2, -0.15) is 0 Å². The van der Waals surface area contributed by atoms with Gasteiger partial charge in [0.2, 0.25) is 5.91 Å². The maximum absolute atomic E-state index is 12.4. The maximum Gasteiger partial charge on any atom is 0.254 e. The van der Waals surface area contributed by atoms with E-state index in [1.165, 1.54) is 6.20 Å². The van der Waals surface area contributed by atoms with Crippen molar-refractivity contribution in [1.29, 1.82) is 0 Å². The summed E-state index contributed by atoms with van der Waals surface area (Å²) in [6.07, 6.45) is 3.16. The summed E-state index contributed by atoms with van der Waals surface area (Å²) in [7, 11) is 1.63. The first-order valence-corrected chi connectivity index (χ1v) is 8.68. The van der Waals surface area contributed by atoms with Crippen LogP contribution in [0.5, 0.6) is 11.5 Å². The number of H-pyrrole nitrogens is 1. The highest BCUT2D eigenvalue weighted by molar-refractivity contribution is 5.78. The number of carbonyl (C=O) groups excluding carboxylic acids is 1. The second kappa shape index (κ2) is 8.03. The summed E-state index contributed by atoms with van der Waals surface area (Å²) < 4.78 is 11.1. The van der Waals surface area contributed by atoms with Crippen molar-refractivity contribution in [2.24, 2.45) is 0 Å². The summed E-state index contributed by atoms with van der Waals surface area (Å²) in [5.74, 6) is 2.08. The van der Waals surface area contributed by atoms with Crippen molar-refractivity contribution in [3.8, 4) is 11.5 Å². The molecule has 0 saturated carbocycles. The van der Waals surface area contributed by atoms with Crippen LogP contribution in [0, 0.1) is 6.92 Å². The minimum absolute atomic E-state index is 0.0518. The van der Waals surface area contributed by atoms with Crippen LogP contribution in [0.1, 0.15) is 24.2 Å². The van der Waals surface area contributed by atoms with Crippen LogP contribution in [0.15, 0.2) is 35.3 Å². The monoisotopic (exact) mass is 357 g/mol. The first kappa shape index (κ1) is 18.0. The number of nitrogens with zero attached hydrogens (tertiary/aromatic N) is 2. The van der Waals surface area contributed by atoms with E-state index in [-0.39, 0.29) is 24.0 Å². The Bertz CT molecular complexity index is 808. The van der Waals surface area contributed by atoms with E-state index in [9.17, 15) is 9.59 Å². The third-order valence-electron chi connectivity index (χ3n) is 4.50. The molecule has 0 unspecified atom stereocenters. The average Bonchev–Trinajstić information content (AvgIpc) is 2.65. The number of carbonyl (C=O) groups is 1. The molecule has 7 nitrogen and oxygen atoms in total. The zero-order valence-corrected chi connectivity index (χ0v) is 15.0. The van der Waals surface area contributed by atoms with Crippen LogP contribution >= 0.6 is 0 Å². The Morgan fingerprint density at radius 2 is 1.88 bits per heavy atom. The highest BCUT2D eigenvalue weighted by Gasteiger charge is 2.24. The maximum atomic E-state index is 12.4. The second-order valence-corrected chi connectivity index (χ2v) is 6.37. The number of nitrogens with one attached hydrogen (secondary N) is 1. The minimum Gasteiger partial charge on any atom is -0.497 e. The Hall–Kier alpha value is -2.83. The molecule has 3 rings (SSSR count). The van der Waals surface area contributed by atoms with Gasteiger partial charge in [-0.3, -0.25) is 9.59 Å². The molecule has 1 amide bonds. The van der Waals surface area contributed by atoms with Crippen molar-refractivity contribution in [2.45, 2.75) is 32.3 Å². The average molecular weight is 357 g/mol. The van der Waals surface area contributed by atoms with Crippen molar-refractivity contribution >= 4 is 5.91 Å². The lowest BCUT2D eigenvalue weighted by Gasteiger charge is -2.32. The normalized spacial score (nSPS) is 14.9. The third kappa shape index (κ3) is 4.41. The van der Waals surface area contributed by atoms with Crippen LogP contribution in [0.3, 0.4) is 0 Å². The zero-order chi connectivity index (χ0) is 18.5. The molecule has 2 heterocycles. The van der Waals surface area contributed by atoms with E-state index < -0.39 is 0 Å². The molecule has 1 fully saturated rings. The summed E-state index contributed by atoms with van der Waals surface area (Å²) in [5.41, 5.74) is 0.154. The molecule has 0 atom stereocenters. The molecule has 1 N–H and O–H groups in total. The lowest BCUT2D eigenvalue weighted by molar-refractivity contribution is -0.132. The van der Waals surface area contributed by atoms with Crippen molar-refractivity contribution < 1.29 is 14.3 Å². The number of aryl methyl sites for hydroxylation is 1. The number of aromatic nitrogens is 2. The van der Waals surface area contributed by atoms with Crippen molar-refractivity contribution in [3.63, 3.8) is 0 Å². The number of piperidine rings is 1. The van der Waals surface area contributed by atoms with Crippen molar-refractivity contribution in [3.05, 3.63) is 52.2 Å². The number of ether oxygens (including phenoxy) is 2. The van der Waals surface area contributed by atoms with Gasteiger partial charge in [-0.1, -0.05) is 0 Å². The number of rotatable bonds is 5. The fourth-order valence-electron chi connectivity index (χ4n) is 2.98. The van der Waals surface area contributed by atoms with E-state index in [4.69, 9.17) is 9.47 Å². The Balaban J connectivity index is 1.51. The first-order valence-electron chi connectivity index (χ1n) is 8.68. The van der Waals surface area contributed by atoms with Crippen molar-refractivity contribution in [1.82, 2.24) is 14.9 Å². The van der Waals surface area contributed by atoms with Gasteiger partial charge in [0.15, 0.2) is 0 Å². The third-order valence-corrected chi connectivity index (χ3v) is 4.50. The number of likely N-dealkylation sites (tertiary alicyclic amines) is 1. The van der Waals surface area contributed by atoms with Crippen LogP contribution in [0.4, 0.5) is 0 Å². The molecule has 1 aromatic carbocycles. The topological polar surface area (TPSA) is 84.5 Å². The summed E-state index contributed by atoms with van der Waals surface area (Å²) in [6.45, 7) is 2.95. The van der Waals surface area contributed by atoms with Crippen LogP contribution in [0.25, 0.3) is 0 Å². The van der Waals surface area contributed by atoms with Crippen LogP contribution < -0.4 is 15.0 Å². The van der Waals surface area contributed by atoms with Gasteiger partial charge in [0.05, 0.1) is 13.5 Å². The van der Waals surface area contributed by atoms with Gasteiger partial charge < -0.3 is 19.4 Å². The van der Waals surface area contributed by atoms with E-state index in [0.29, 0.717) is 24.5 Å². The molecule has 1 aliphatic rings. The Kier molecular flexibility index (Phi) is 5.55. The van der Waals surface area contributed by atoms with Crippen LogP contribution in [-0.4, -0.2) is 47.1 Å². The first-order chi connectivity index (χ1) is 12.5. The van der Waals surface area contributed by atoms with E-state index in [1.807, 2.05) is 24.3 Å². The number of hydrogen-bond donors (Lipinski definition) is 1. The van der Waals surface area contributed by atoms with E-state index in [2.05, 4.69) is 9.97 Å². The summed E-state index contributed by atoms with van der Waals surface area (Å²) in [6, 6.07) is 7.49. The molecule has 1 saturated heterocycles. The molecule has 26 heavy (non-hydrogen) atoms. The van der Waals surface area contributed by atoms with E-state index >= 15 is 0 Å². The molecule has 0 aliphatic carbocycles. The molecule has 0 spiro atoms. The Morgan fingerprint density at radius 1 is 1.23 bits per heavy atom. The predicted octanol–water partition coefficient (Wildman–Crippen LogP) is 1.70. The molecule has 0 radical (unpaired) electrons. The molecule has 138 valence electrons. The lowest BCUT2D eigenvalue weighted by Crippen LogP contribution is -2.43. The molecule has 2 aromatic rings. The van der Waals surface area contributed by atoms with E-state index in [0.717, 1.165) is 24.3 Å². The standard InChI is InChI=1S/C19H23N3O4/c1-13-20-12-14(19(24)21-13)11-18(23)22-9-7-17(8-10-22)26-16-5-3-15(25-2)4-6-16/h3-6,12,17H,7-11H2,1-2H3,(H,20,21,24). The summed E-state index contributed by atoms with van der Waals surface area (Å²) in [5, 5.41) is 0. The molecule has 1 aromatic heterocycles. The van der Waals surface area contributed by atoms with Gasteiger partial charge >= 0.3 is 0 Å². The molecular weight excluding hydrogens is 334 g/mol. The van der Waals surface area contributed by atoms with Crippen LogP contribution in [0.2, 0.25) is 0 Å². The fraction of sp³-hybridized carbons (Fsp3) is 0.421. The SMILES string of the molecule is COc1ccc(OC2CCN(C(=O)Cc3cnc(C)[nH]c3=O)CC2)cc1. The lowest BCUT2D eigenvalue weighted by atomic mass is 10.1. The predicted molar refractivity (Wildman–Crippen MR) is 96.5 cm³/mol. The number of aromatic amines is 1. The molecular formula is C19H23N3O4. The van der Waals surface area contributed by atoms with Gasteiger partial charge in [-0.05, 0) is 31.2 Å². The minimum atomic E-state index is -0.247. The number of benzene rings is 1. The Labute approximate surface area is 152 Å².